The summed E-state index contributed by atoms with van der Waals surface area (Å²) in [6.45, 7) is 13.5. The lowest BCUT2D eigenvalue weighted by Crippen LogP contribution is -2.10. The Hall–Kier alpha value is -2.20. The molecule has 0 saturated heterocycles. The molecule has 0 unspecified atom stereocenters. The van der Waals surface area contributed by atoms with Crippen LogP contribution in [0.4, 0.5) is 0 Å². The van der Waals surface area contributed by atoms with Gasteiger partial charge in [0.25, 0.3) is 0 Å². The molecule has 0 aliphatic heterocycles. The van der Waals surface area contributed by atoms with Crippen molar-refractivity contribution in [3.63, 3.8) is 0 Å². The van der Waals surface area contributed by atoms with E-state index in [2.05, 4.69) is 108 Å². The van der Waals surface area contributed by atoms with Crippen molar-refractivity contribution >= 4 is 37.7 Å². The second kappa shape index (κ2) is 6.41. The van der Waals surface area contributed by atoms with Crippen LogP contribution >= 0.6 is 15.9 Å². The SMILES string of the molecule is CC(C)(C)c1ccc2c(c1)c1cc(C(C)(C)C)ccc1n2-c1ncc(Br)cn1. The van der Waals surface area contributed by atoms with Gasteiger partial charge in [-0.05, 0) is 62.2 Å². The van der Waals surface area contributed by atoms with Crippen molar-refractivity contribution in [1.82, 2.24) is 14.5 Å². The molecule has 3 nitrogen and oxygen atoms in total. The van der Waals surface area contributed by atoms with Gasteiger partial charge in [0.05, 0.1) is 15.5 Å². The fourth-order valence-electron chi connectivity index (χ4n) is 3.59. The van der Waals surface area contributed by atoms with Gasteiger partial charge in [-0.3, -0.25) is 4.57 Å². The highest BCUT2D eigenvalue weighted by atomic mass is 79.9. The van der Waals surface area contributed by atoms with Crippen LogP contribution in [0, 0.1) is 0 Å². The smallest absolute Gasteiger partial charge is 0.234 e. The molecule has 0 aliphatic carbocycles. The van der Waals surface area contributed by atoms with Gasteiger partial charge in [-0.1, -0.05) is 53.7 Å². The first-order valence-corrected chi connectivity index (χ1v) is 10.4. The van der Waals surface area contributed by atoms with Crippen molar-refractivity contribution in [3.8, 4) is 5.95 Å². The summed E-state index contributed by atoms with van der Waals surface area (Å²) in [5, 5.41) is 2.50. The number of fused-ring (bicyclic) bond motifs is 3. The minimum atomic E-state index is 0.0956. The monoisotopic (exact) mass is 435 g/mol. The molecule has 4 heteroatoms. The predicted octanol–water partition coefficient (Wildman–Crippen LogP) is 6.93. The third kappa shape index (κ3) is 3.24. The Balaban J connectivity index is 2.11. The molecule has 28 heavy (non-hydrogen) atoms. The molecule has 0 bridgehead atoms. The van der Waals surface area contributed by atoms with Crippen LogP contribution in [-0.4, -0.2) is 14.5 Å². The second-order valence-corrected chi connectivity index (χ2v) is 10.4. The van der Waals surface area contributed by atoms with Gasteiger partial charge in [0.2, 0.25) is 5.95 Å². The zero-order valence-corrected chi connectivity index (χ0v) is 18.9. The average molecular weight is 436 g/mol. The predicted molar refractivity (Wildman–Crippen MR) is 121 cm³/mol. The Bertz CT molecular complexity index is 1100. The number of hydrogen-bond acceptors (Lipinski definition) is 2. The van der Waals surface area contributed by atoms with Crippen molar-refractivity contribution in [3.05, 3.63) is 64.4 Å². The molecule has 0 radical (unpaired) electrons. The van der Waals surface area contributed by atoms with Crippen LogP contribution in [-0.2, 0) is 10.8 Å². The molecule has 0 atom stereocenters. The van der Waals surface area contributed by atoms with E-state index in [9.17, 15) is 0 Å². The van der Waals surface area contributed by atoms with Crippen molar-refractivity contribution in [2.24, 2.45) is 0 Å². The van der Waals surface area contributed by atoms with Gasteiger partial charge in [0, 0.05) is 23.2 Å². The van der Waals surface area contributed by atoms with Crippen LogP contribution in [0.2, 0.25) is 0 Å². The Labute approximate surface area is 174 Å². The quantitative estimate of drug-likeness (QED) is 0.324. The van der Waals surface area contributed by atoms with Crippen molar-refractivity contribution < 1.29 is 0 Å². The lowest BCUT2D eigenvalue weighted by Gasteiger charge is -2.19. The first-order valence-electron chi connectivity index (χ1n) is 9.63. The van der Waals surface area contributed by atoms with Crippen molar-refractivity contribution in [1.29, 1.82) is 0 Å². The largest absolute Gasteiger partial charge is 0.278 e. The van der Waals surface area contributed by atoms with Crippen LogP contribution in [0.3, 0.4) is 0 Å². The van der Waals surface area contributed by atoms with Crippen LogP contribution < -0.4 is 0 Å². The summed E-state index contributed by atoms with van der Waals surface area (Å²) in [5.41, 5.74) is 5.12. The van der Waals surface area contributed by atoms with Gasteiger partial charge < -0.3 is 0 Å². The molecule has 4 rings (SSSR count). The lowest BCUT2D eigenvalue weighted by molar-refractivity contribution is 0.590. The van der Waals surface area contributed by atoms with Crippen LogP contribution in [0.1, 0.15) is 52.7 Å². The number of rotatable bonds is 1. The first-order chi connectivity index (χ1) is 13.1. The molecule has 0 saturated carbocycles. The topological polar surface area (TPSA) is 30.7 Å². The molecule has 2 heterocycles. The van der Waals surface area contributed by atoms with E-state index in [0.29, 0.717) is 5.95 Å². The molecule has 144 valence electrons. The van der Waals surface area contributed by atoms with Crippen molar-refractivity contribution in [2.75, 3.05) is 0 Å². The molecule has 0 fully saturated rings. The molecule has 2 aromatic carbocycles. The Morgan fingerprint density at radius 2 is 1.14 bits per heavy atom. The number of nitrogens with zero attached hydrogens (tertiary/aromatic N) is 3. The Kier molecular flexibility index (Phi) is 4.38. The average Bonchev–Trinajstić information content (AvgIpc) is 2.94. The summed E-state index contributed by atoms with van der Waals surface area (Å²) in [6.07, 6.45) is 3.60. The fraction of sp³-hybridized carbons (Fsp3) is 0.333. The highest BCUT2D eigenvalue weighted by Gasteiger charge is 2.21. The van der Waals surface area contributed by atoms with E-state index < -0.39 is 0 Å². The van der Waals surface area contributed by atoms with Crippen LogP contribution in [0.25, 0.3) is 27.8 Å². The molecule has 4 aromatic rings. The zero-order chi connectivity index (χ0) is 20.3. The number of benzene rings is 2. The Morgan fingerprint density at radius 1 is 0.714 bits per heavy atom. The molecule has 0 spiro atoms. The Morgan fingerprint density at radius 3 is 1.54 bits per heavy atom. The van der Waals surface area contributed by atoms with E-state index in [1.54, 1.807) is 12.4 Å². The molecule has 0 N–H and O–H groups in total. The van der Waals surface area contributed by atoms with Crippen LogP contribution in [0.5, 0.6) is 0 Å². The summed E-state index contributed by atoms with van der Waals surface area (Å²) in [5.74, 6) is 0.690. The number of hydrogen-bond donors (Lipinski definition) is 0. The van der Waals surface area contributed by atoms with Gasteiger partial charge in [-0.2, -0.15) is 0 Å². The summed E-state index contributed by atoms with van der Waals surface area (Å²) >= 11 is 3.44. The maximum Gasteiger partial charge on any atom is 0.234 e. The van der Waals surface area contributed by atoms with E-state index in [0.717, 1.165) is 15.5 Å². The minimum Gasteiger partial charge on any atom is -0.278 e. The first kappa shape index (κ1) is 19.1. The summed E-state index contributed by atoms with van der Waals surface area (Å²) in [7, 11) is 0. The lowest BCUT2D eigenvalue weighted by atomic mass is 9.85. The van der Waals surface area contributed by atoms with E-state index in [4.69, 9.17) is 0 Å². The van der Waals surface area contributed by atoms with Crippen LogP contribution in [0.15, 0.2) is 53.3 Å². The maximum atomic E-state index is 4.57. The normalized spacial score (nSPS) is 12.8. The van der Waals surface area contributed by atoms with Gasteiger partial charge in [0.1, 0.15) is 0 Å². The number of halogens is 1. The van der Waals surface area contributed by atoms with E-state index >= 15 is 0 Å². The summed E-state index contributed by atoms with van der Waals surface area (Å²) in [6, 6.07) is 13.5. The van der Waals surface area contributed by atoms with E-state index in [-0.39, 0.29) is 10.8 Å². The van der Waals surface area contributed by atoms with Gasteiger partial charge >= 0.3 is 0 Å². The molecule has 0 aliphatic rings. The highest BCUT2D eigenvalue weighted by molar-refractivity contribution is 9.10. The molecular formula is C24H26BrN3. The standard InChI is InChI=1S/C24H26BrN3/c1-23(2,3)15-7-9-20-18(11-15)19-12-16(24(4,5)6)8-10-21(19)28(20)22-26-13-17(25)14-27-22/h7-14H,1-6H3. The van der Waals surface area contributed by atoms with Gasteiger partial charge in [-0.15, -0.1) is 0 Å². The zero-order valence-electron chi connectivity index (χ0n) is 17.3. The van der Waals surface area contributed by atoms with E-state index in [1.807, 2.05) is 0 Å². The molecular weight excluding hydrogens is 410 g/mol. The fourth-order valence-corrected chi connectivity index (χ4v) is 3.80. The summed E-state index contributed by atoms with van der Waals surface area (Å²) < 4.78 is 3.04. The maximum absolute atomic E-state index is 4.57. The molecule has 0 amide bonds. The third-order valence-electron chi connectivity index (χ3n) is 5.30. The van der Waals surface area contributed by atoms with Gasteiger partial charge in [0.15, 0.2) is 0 Å². The number of aromatic nitrogens is 3. The highest BCUT2D eigenvalue weighted by Crippen LogP contribution is 2.36. The summed E-state index contributed by atoms with van der Waals surface area (Å²) in [4.78, 5) is 9.14. The van der Waals surface area contributed by atoms with Crippen molar-refractivity contribution in [2.45, 2.75) is 52.4 Å². The third-order valence-corrected chi connectivity index (χ3v) is 5.71. The minimum absolute atomic E-state index is 0.0956. The molecule has 2 aromatic heterocycles. The van der Waals surface area contributed by atoms with Gasteiger partial charge in [-0.25, -0.2) is 9.97 Å². The van der Waals surface area contributed by atoms with E-state index in [1.165, 1.54) is 21.9 Å². The second-order valence-electron chi connectivity index (χ2n) is 9.50.